The van der Waals surface area contributed by atoms with Crippen LogP contribution in [0.1, 0.15) is 0 Å². The average Bonchev–Trinajstić information content (AvgIpc) is 2.59. The molecule has 0 unspecified atom stereocenters. The monoisotopic (exact) mass is 167 g/mol. The average molecular weight is 167 g/mol. The van der Waals surface area contributed by atoms with Gasteiger partial charge in [-0.3, -0.25) is 0 Å². The molecule has 0 aliphatic rings. The molecule has 0 N–H and O–H groups in total. The highest BCUT2D eigenvalue weighted by Crippen LogP contribution is 2.17. The molecule has 0 atom stereocenters. The third-order valence-electron chi connectivity index (χ3n) is 1.10. The van der Waals surface area contributed by atoms with E-state index in [1.165, 1.54) is 23.1 Å². The van der Waals surface area contributed by atoms with Crippen molar-refractivity contribution in [3.8, 4) is 11.3 Å². The Hall–Kier alpha value is -0.740. The summed E-state index contributed by atoms with van der Waals surface area (Å²) in [7, 11) is 0. The van der Waals surface area contributed by atoms with E-state index in [0.717, 1.165) is 11.3 Å². The first-order chi connectivity index (χ1) is 4.97. The Bertz CT molecular complexity index is 253. The van der Waals surface area contributed by atoms with Gasteiger partial charge < -0.3 is 0 Å². The zero-order valence-electron chi connectivity index (χ0n) is 4.94. The molecule has 2 heterocycles. The molecule has 2 nitrogen and oxygen atoms in total. The molecule has 0 amide bonds. The fourth-order valence-electron chi connectivity index (χ4n) is 0.650. The highest BCUT2D eigenvalue weighted by atomic mass is 32.1. The van der Waals surface area contributed by atoms with Gasteiger partial charge in [-0.05, 0) is 29.1 Å². The first-order valence-corrected chi connectivity index (χ1v) is 4.37. The van der Waals surface area contributed by atoms with Crippen LogP contribution in [-0.2, 0) is 0 Å². The van der Waals surface area contributed by atoms with Crippen LogP contribution in [0.4, 0.5) is 0 Å². The van der Waals surface area contributed by atoms with Crippen molar-refractivity contribution in [2.75, 3.05) is 0 Å². The lowest BCUT2D eigenvalue weighted by Gasteiger charge is -1.81. The Morgan fingerprint density at radius 1 is 1.40 bits per heavy atom. The van der Waals surface area contributed by atoms with Gasteiger partial charge in [0.15, 0.2) is 0 Å². The minimum atomic E-state index is 0.971. The maximum Gasteiger partial charge on any atom is 0.114 e. The summed E-state index contributed by atoms with van der Waals surface area (Å²) in [5.74, 6) is 0. The normalized spacial score (nSPS) is 10.0. The molecule has 49 valence electrons. The van der Waals surface area contributed by atoms with Crippen LogP contribution in [0.25, 0.3) is 11.3 Å². The molecule has 0 aliphatic carbocycles. The molecule has 0 saturated heterocycles. The van der Waals surface area contributed by atoms with Crippen molar-refractivity contribution in [2.24, 2.45) is 0 Å². The summed E-state index contributed by atoms with van der Waals surface area (Å²) < 4.78 is 8.00. The maximum absolute atomic E-state index is 4.14. The number of hydrogen-bond donors (Lipinski definition) is 0. The van der Waals surface area contributed by atoms with Crippen molar-refractivity contribution in [1.82, 2.24) is 8.75 Å². The molecule has 2 aromatic rings. The number of aromatic nitrogens is 2. The van der Waals surface area contributed by atoms with Crippen LogP contribution in [-0.4, -0.2) is 8.75 Å². The van der Waals surface area contributed by atoms with Crippen molar-refractivity contribution in [2.45, 2.75) is 0 Å². The van der Waals surface area contributed by atoms with Crippen molar-refractivity contribution < 1.29 is 0 Å². The van der Waals surface area contributed by atoms with E-state index in [0.29, 0.717) is 0 Å². The summed E-state index contributed by atoms with van der Waals surface area (Å²) in [6.45, 7) is 0. The van der Waals surface area contributed by atoms with Gasteiger partial charge in [-0.2, -0.15) is 8.75 Å². The Morgan fingerprint density at radius 2 is 2.40 bits per heavy atom. The highest BCUT2D eigenvalue weighted by molar-refractivity contribution is 7.04. The number of nitrogens with zero attached hydrogens (tertiary/aromatic N) is 2. The molecular weight excluding hydrogens is 164 g/mol. The molecule has 2 rings (SSSR count). The lowest BCUT2D eigenvalue weighted by molar-refractivity contribution is 1.49. The Balaban J connectivity index is 2.48. The number of rotatable bonds is 1. The zero-order chi connectivity index (χ0) is 6.81. The van der Waals surface area contributed by atoms with Crippen LogP contribution in [0.3, 0.4) is 0 Å². The largest absolute Gasteiger partial charge is 0.193 e. The molecule has 0 aliphatic heterocycles. The maximum atomic E-state index is 4.14. The third kappa shape index (κ3) is 0.955. The lowest BCUT2D eigenvalue weighted by atomic mass is 10.3. The fourth-order valence-corrected chi connectivity index (χ4v) is 1.66. The van der Waals surface area contributed by atoms with Gasteiger partial charge in [0.1, 0.15) is 6.20 Å². The summed E-state index contributed by atoms with van der Waals surface area (Å²) >= 11 is 2.84. The summed E-state index contributed by atoms with van der Waals surface area (Å²) in [5.41, 5.74) is 1.96. The van der Waals surface area contributed by atoms with E-state index in [-0.39, 0.29) is 0 Å². The second-order valence-corrected chi connectivity index (χ2v) is 3.02. The molecular formula is C6H3N2S2. The first-order valence-electron chi connectivity index (χ1n) is 2.69. The van der Waals surface area contributed by atoms with E-state index < -0.39 is 0 Å². The van der Waals surface area contributed by atoms with E-state index in [9.17, 15) is 0 Å². The summed E-state index contributed by atoms with van der Waals surface area (Å²) in [6, 6.07) is 1.96. The van der Waals surface area contributed by atoms with E-state index in [1.54, 1.807) is 0 Å². The van der Waals surface area contributed by atoms with E-state index >= 15 is 0 Å². The predicted molar refractivity (Wildman–Crippen MR) is 42.1 cm³/mol. The van der Waals surface area contributed by atoms with Crippen LogP contribution in [0.2, 0.25) is 0 Å². The predicted octanol–water partition coefficient (Wildman–Crippen LogP) is 2.07. The van der Waals surface area contributed by atoms with E-state index in [1.807, 2.05) is 16.8 Å². The van der Waals surface area contributed by atoms with Crippen molar-refractivity contribution in [3.63, 3.8) is 0 Å². The SMILES string of the molecule is [c]1nscc1-c1ccsn1. The quantitative estimate of drug-likeness (QED) is 0.649. The van der Waals surface area contributed by atoms with Gasteiger partial charge in [0.05, 0.1) is 5.69 Å². The molecule has 0 spiro atoms. The molecule has 1 radical (unpaired) electrons. The minimum Gasteiger partial charge on any atom is -0.193 e. The van der Waals surface area contributed by atoms with Crippen molar-refractivity contribution >= 4 is 23.1 Å². The standard InChI is InChI=1S/C6H3N2S2/c1-2-9-8-6(1)5-3-7-10-4-5/h1-2,4H. The van der Waals surface area contributed by atoms with E-state index in [4.69, 9.17) is 0 Å². The van der Waals surface area contributed by atoms with Gasteiger partial charge >= 0.3 is 0 Å². The van der Waals surface area contributed by atoms with E-state index in [2.05, 4.69) is 14.9 Å². The van der Waals surface area contributed by atoms with Crippen LogP contribution in [0.15, 0.2) is 16.8 Å². The van der Waals surface area contributed by atoms with Crippen LogP contribution in [0.5, 0.6) is 0 Å². The summed E-state index contributed by atoms with van der Waals surface area (Å²) in [4.78, 5) is 0. The van der Waals surface area contributed by atoms with Gasteiger partial charge in [-0.1, -0.05) is 0 Å². The first kappa shape index (κ1) is 6.00. The molecule has 2 aromatic heterocycles. The molecule has 0 saturated carbocycles. The van der Waals surface area contributed by atoms with Crippen LogP contribution in [0, 0.1) is 6.20 Å². The van der Waals surface area contributed by atoms with Gasteiger partial charge in [-0.25, -0.2) is 0 Å². The topological polar surface area (TPSA) is 25.8 Å². The summed E-state index contributed by atoms with van der Waals surface area (Å²) in [6.07, 6.45) is 2.85. The highest BCUT2D eigenvalue weighted by Gasteiger charge is 1.99. The van der Waals surface area contributed by atoms with Crippen molar-refractivity contribution in [3.05, 3.63) is 23.0 Å². The fraction of sp³-hybridized carbons (Fsp3) is 0. The van der Waals surface area contributed by atoms with Crippen molar-refractivity contribution in [1.29, 1.82) is 0 Å². The van der Waals surface area contributed by atoms with Gasteiger partial charge in [0.25, 0.3) is 0 Å². The minimum absolute atomic E-state index is 0.971. The molecule has 0 bridgehead atoms. The van der Waals surface area contributed by atoms with Gasteiger partial charge in [-0.15, -0.1) is 0 Å². The molecule has 0 aromatic carbocycles. The molecule has 0 fully saturated rings. The van der Waals surface area contributed by atoms with Crippen LogP contribution >= 0.6 is 23.1 Å². The second kappa shape index (κ2) is 2.48. The summed E-state index contributed by atoms with van der Waals surface area (Å²) in [5, 5.41) is 3.88. The third-order valence-corrected chi connectivity index (χ3v) is 2.20. The van der Waals surface area contributed by atoms with Gasteiger partial charge in [0, 0.05) is 16.3 Å². The zero-order valence-corrected chi connectivity index (χ0v) is 6.58. The molecule has 4 heteroatoms. The smallest absolute Gasteiger partial charge is 0.114 e. The Morgan fingerprint density at radius 3 is 3.00 bits per heavy atom. The second-order valence-electron chi connectivity index (χ2n) is 1.72. The van der Waals surface area contributed by atoms with Gasteiger partial charge in [0.2, 0.25) is 0 Å². The van der Waals surface area contributed by atoms with Crippen LogP contribution < -0.4 is 0 Å². The lowest BCUT2D eigenvalue weighted by Crippen LogP contribution is -1.68. The Kier molecular flexibility index (Phi) is 1.49. The Labute approximate surface area is 66.5 Å². The number of hydrogen-bond acceptors (Lipinski definition) is 4. The molecule has 10 heavy (non-hydrogen) atoms.